The molecule has 0 unspecified atom stereocenters. The van der Waals surface area contributed by atoms with Gasteiger partial charge in [0.1, 0.15) is 0 Å². The maximum Gasteiger partial charge on any atom is 0.272 e. The molecule has 20 heavy (non-hydrogen) atoms. The number of hydrogen-bond acceptors (Lipinski definition) is 2. The summed E-state index contributed by atoms with van der Waals surface area (Å²) in [5.41, 5.74) is 6.07. The molecule has 0 aliphatic heterocycles. The van der Waals surface area contributed by atoms with Gasteiger partial charge in [-0.2, -0.15) is 5.10 Å². The quantitative estimate of drug-likeness (QED) is 0.672. The number of rotatable bonds is 3. The van der Waals surface area contributed by atoms with Crippen molar-refractivity contribution in [2.45, 2.75) is 13.8 Å². The number of nitrogens with zero attached hydrogens (tertiary/aromatic N) is 1. The van der Waals surface area contributed by atoms with Crippen LogP contribution in [0.25, 0.3) is 0 Å². The second-order valence-electron chi connectivity index (χ2n) is 4.49. The number of carbonyl (C=O) groups excluding carboxylic acids is 1. The molecule has 2 aromatic rings. The molecule has 0 spiro atoms. The summed E-state index contributed by atoms with van der Waals surface area (Å²) < 4.78 is 0.751. The zero-order chi connectivity index (χ0) is 14.5. The van der Waals surface area contributed by atoms with E-state index in [4.69, 9.17) is 0 Å². The van der Waals surface area contributed by atoms with Crippen molar-refractivity contribution in [2.24, 2.45) is 5.10 Å². The molecule has 0 aliphatic rings. The van der Waals surface area contributed by atoms with E-state index in [1.165, 1.54) is 0 Å². The summed E-state index contributed by atoms with van der Waals surface area (Å²) in [4.78, 5) is 12.0. The predicted molar refractivity (Wildman–Crippen MR) is 85.0 cm³/mol. The summed E-state index contributed by atoms with van der Waals surface area (Å²) in [5, 5.41) is 4.15. The van der Waals surface area contributed by atoms with Crippen LogP contribution in [0.3, 0.4) is 0 Å². The summed E-state index contributed by atoms with van der Waals surface area (Å²) in [6, 6.07) is 15.2. The second kappa shape index (κ2) is 6.48. The van der Waals surface area contributed by atoms with Crippen LogP contribution in [-0.2, 0) is 0 Å². The molecule has 1 N–H and O–H groups in total. The SMILES string of the molecule is CC(=NNC(=O)c1ccccc1Br)c1cccc(C)c1. The fourth-order valence-corrected chi connectivity index (χ4v) is 2.24. The Labute approximate surface area is 126 Å². The number of hydrazone groups is 1. The fourth-order valence-electron chi connectivity index (χ4n) is 1.77. The van der Waals surface area contributed by atoms with Crippen LogP contribution in [0.5, 0.6) is 0 Å². The van der Waals surface area contributed by atoms with Crippen LogP contribution in [0, 0.1) is 6.92 Å². The number of carbonyl (C=O) groups is 1. The molecule has 0 fully saturated rings. The monoisotopic (exact) mass is 330 g/mol. The van der Waals surface area contributed by atoms with Crippen LogP contribution in [0.1, 0.15) is 28.4 Å². The van der Waals surface area contributed by atoms with Gasteiger partial charge in [0, 0.05) is 4.47 Å². The maximum absolute atomic E-state index is 12.0. The van der Waals surface area contributed by atoms with Crippen LogP contribution in [0.2, 0.25) is 0 Å². The van der Waals surface area contributed by atoms with E-state index in [-0.39, 0.29) is 5.91 Å². The third-order valence-corrected chi connectivity index (χ3v) is 3.57. The predicted octanol–water partition coefficient (Wildman–Crippen LogP) is 3.91. The molecule has 0 saturated carbocycles. The zero-order valence-electron chi connectivity index (χ0n) is 11.4. The van der Waals surface area contributed by atoms with Gasteiger partial charge in [-0.25, -0.2) is 5.43 Å². The normalized spacial score (nSPS) is 11.2. The van der Waals surface area contributed by atoms with E-state index in [9.17, 15) is 4.79 Å². The van der Waals surface area contributed by atoms with Crippen LogP contribution in [0.4, 0.5) is 0 Å². The molecule has 0 saturated heterocycles. The number of hydrogen-bond donors (Lipinski definition) is 1. The summed E-state index contributed by atoms with van der Waals surface area (Å²) in [6.07, 6.45) is 0. The van der Waals surface area contributed by atoms with Gasteiger partial charge in [0.25, 0.3) is 5.91 Å². The second-order valence-corrected chi connectivity index (χ2v) is 5.34. The van der Waals surface area contributed by atoms with Crippen LogP contribution in [0.15, 0.2) is 58.1 Å². The van der Waals surface area contributed by atoms with E-state index < -0.39 is 0 Å². The highest BCUT2D eigenvalue weighted by atomic mass is 79.9. The van der Waals surface area contributed by atoms with E-state index in [0.29, 0.717) is 5.56 Å². The van der Waals surface area contributed by atoms with Crippen LogP contribution < -0.4 is 5.43 Å². The lowest BCUT2D eigenvalue weighted by Gasteiger charge is -2.05. The molecular weight excluding hydrogens is 316 g/mol. The minimum absolute atomic E-state index is 0.232. The van der Waals surface area contributed by atoms with Gasteiger partial charge in [-0.05, 0) is 47.5 Å². The lowest BCUT2D eigenvalue weighted by atomic mass is 10.1. The lowest BCUT2D eigenvalue weighted by molar-refractivity contribution is 0.0954. The van der Waals surface area contributed by atoms with Crippen molar-refractivity contribution in [1.82, 2.24) is 5.43 Å². The Morgan fingerprint density at radius 3 is 2.60 bits per heavy atom. The number of amides is 1. The topological polar surface area (TPSA) is 41.5 Å². The van der Waals surface area contributed by atoms with E-state index in [0.717, 1.165) is 21.3 Å². The Balaban J connectivity index is 2.13. The van der Waals surface area contributed by atoms with Crippen molar-refractivity contribution >= 4 is 27.5 Å². The van der Waals surface area contributed by atoms with Gasteiger partial charge in [0.05, 0.1) is 11.3 Å². The Hall–Kier alpha value is -1.94. The molecule has 0 aliphatic carbocycles. The first-order valence-corrected chi connectivity index (χ1v) is 7.03. The van der Waals surface area contributed by atoms with Gasteiger partial charge >= 0.3 is 0 Å². The van der Waals surface area contributed by atoms with Crippen molar-refractivity contribution in [3.8, 4) is 0 Å². The molecule has 2 aromatic carbocycles. The van der Waals surface area contributed by atoms with E-state index >= 15 is 0 Å². The number of nitrogens with one attached hydrogen (secondary N) is 1. The summed E-state index contributed by atoms with van der Waals surface area (Å²) in [6.45, 7) is 3.89. The average molecular weight is 331 g/mol. The zero-order valence-corrected chi connectivity index (χ0v) is 12.9. The minimum atomic E-state index is -0.232. The van der Waals surface area contributed by atoms with Crippen molar-refractivity contribution in [2.75, 3.05) is 0 Å². The molecule has 0 bridgehead atoms. The number of halogens is 1. The Kier molecular flexibility index (Phi) is 4.69. The molecule has 0 heterocycles. The molecule has 0 radical (unpaired) electrons. The maximum atomic E-state index is 12.0. The van der Waals surface area contributed by atoms with Crippen LogP contribution in [-0.4, -0.2) is 11.6 Å². The first-order valence-electron chi connectivity index (χ1n) is 6.24. The number of aryl methyl sites for hydroxylation is 1. The lowest BCUT2D eigenvalue weighted by Crippen LogP contribution is -2.19. The highest BCUT2D eigenvalue weighted by Gasteiger charge is 2.08. The van der Waals surface area contributed by atoms with Gasteiger partial charge in [-0.1, -0.05) is 42.0 Å². The van der Waals surface area contributed by atoms with E-state index in [1.807, 2.05) is 56.3 Å². The molecular formula is C16H15BrN2O. The summed E-state index contributed by atoms with van der Waals surface area (Å²) >= 11 is 3.35. The fraction of sp³-hybridized carbons (Fsp3) is 0.125. The smallest absolute Gasteiger partial charge is 0.267 e. The van der Waals surface area contributed by atoms with Crippen molar-refractivity contribution in [3.63, 3.8) is 0 Å². The van der Waals surface area contributed by atoms with E-state index in [2.05, 4.69) is 26.5 Å². The van der Waals surface area contributed by atoms with E-state index in [1.54, 1.807) is 6.07 Å². The van der Waals surface area contributed by atoms with Gasteiger partial charge < -0.3 is 0 Å². The third-order valence-electron chi connectivity index (χ3n) is 2.88. The largest absolute Gasteiger partial charge is 0.272 e. The molecule has 3 nitrogen and oxygen atoms in total. The average Bonchev–Trinajstić information content (AvgIpc) is 2.45. The van der Waals surface area contributed by atoms with Gasteiger partial charge in [-0.3, -0.25) is 4.79 Å². The van der Waals surface area contributed by atoms with Gasteiger partial charge in [-0.15, -0.1) is 0 Å². The first kappa shape index (κ1) is 14.5. The third kappa shape index (κ3) is 3.54. The molecule has 2 rings (SSSR count). The van der Waals surface area contributed by atoms with Gasteiger partial charge in [0.15, 0.2) is 0 Å². The van der Waals surface area contributed by atoms with Crippen molar-refractivity contribution < 1.29 is 4.79 Å². The standard InChI is InChI=1S/C16H15BrN2O/c1-11-6-5-7-13(10-11)12(2)18-19-16(20)14-8-3-4-9-15(14)17/h3-10H,1-2H3,(H,19,20). The van der Waals surface area contributed by atoms with Crippen molar-refractivity contribution in [3.05, 3.63) is 69.7 Å². The van der Waals surface area contributed by atoms with Gasteiger partial charge in [0.2, 0.25) is 0 Å². The molecule has 0 aromatic heterocycles. The highest BCUT2D eigenvalue weighted by molar-refractivity contribution is 9.10. The first-order chi connectivity index (χ1) is 9.58. The Morgan fingerprint density at radius 2 is 1.90 bits per heavy atom. The minimum Gasteiger partial charge on any atom is -0.267 e. The highest BCUT2D eigenvalue weighted by Crippen LogP contribution is 2.15. The molecule has 0 atom stereocenters. The summed E-state index contributed by atoms with van der Waals surface area (Å²) in [5.74, 6) is -0.232. The Bertz CT molecular complexity index is 665. The molecule has 4 heteroatoms. The molecule has 102 valence electrons. The Morgan fingerprint density at radius 1 is 1.15 bits per heavy atom. The van der Waals surface area contributed by atoms with Crippen molar-refractivity contribution in [1.29, 1.82) is 0 Å². The summed E-state index contributed by atoms with van der Waals surface area (Å²) in [7, 11) is 0. The number of benzene rings is 2. The van der Waals surface area contributed by atoms with Crippen LogP contribution >= 0.6 is 15.9 Å². The molecule has 1 amide bonds.